The number of nitrogens with one attached hydrogen (secondary N) is 1. The van der Waals surface area contributed by atoms with Crippen molar-refractivity contribution >= 4 is 5.91 Å². The number of carbonyl (C=O) groups is 1. The zero-order valence-electron chi connectivity index (χ0n) is 11.7. The van der Waals surface area contributed by atoms with Gasteiger partial charge >= 0.3 is 0 Å². The van der Waals surface area contributed by atoms with Crippen LogP contribution in [0.15, 0.2) is 12.3 Å². The number of H-pyrrole nitrogens is 1. The van der Waals surface area contributed by atoms with Gasteiger partial charge in [0.1, 0.15) is 11.8 Å². The highest BCUT2D eigenvalue weighted by Crippen LogP contribution is 2.29. The van der Waals surface area contributed by atoms with Crippen molar-refractivity contribution in [2.24, 2.45) is 5.41 Å². The molecule has 5 heteroatoms. The lowest BCUT2D eigenvalue weighted by atomic mass is 9.89. The summed E-state index contributed by atoms with van der Waals surface area (Å²) < 4.78 is 0. The van der Waals surface area contributed by atoms with E-state index in [0.717, 1.165) is 26.1 Å². The highest BCUT2D eigenvalue weighted by molar-refractivity contribution is 5.92. The summed E-state index contributed by atoms with van der Waals surface area (Å²) in [5.41, 5.74) is 1.13. The summed E-state index contributed by atoms with van der Waals surface area (Å²) >= 11 is 0. The second kappa shape index (κ2) is 5.06. The van der Waals surface area contributed by atoms with E-state index in [1.807, 2.05) is 13.1 Å². The number of carbonyl (C=O) groups excluding carboxylic acids is 1. The fraction of sp³-hybridized carbons (Fsp3) is 0.571. The zero-order valence-corrected chi connectivity index (χ0v) is 11.7. The van der Waals surface area contributed by atoms with Crippen LogP contribution in [-0.2, 0) is 0 Å². The summed E-state index contributed by atoms with van der Waals surface area (Å²) in [7, 11) is 3.93. The number of aromatic amines is 1. The zero-order chi connectivity index (χ0) is 14.0. The Morgan fingerprint density at radius 2 is 2.42 bits per heavy atom. The summed E-state index contributed by atoms with van der Waals surface area (Å²) in [6.45, 7) is 5.05. The monoisotopic (exact) mass is 260 g/mol. The van der Waals surface area contributed by atoms with Gasteiger partial charge in [0.2, 0.25) is 0 Å². The van der Waals surface area contributed by atoms with Crippen LogP contribution in [-0.4, -0.2) is 54.4 Å². The number of amides is 1. The van der Waals surface area contributed by atoms with Gasteiger partial charge in [0.25, 0.3) is 5.91 Å². The van der Waals surface area contributed by atoms with Crippen molar-refractivity contribution in [1.82, 2.24) is 14.8 Å². The van der Waals surface area contributed by atoms with E-state index in [4.69, 9.17) is 5.26 Å². The predicted octanol–water partition coefficient (Wildman–Crippen LogP) is 1.30. The lowest BCUT2D eigenvalue weighted by Gasteiger charge is -2.29. The minimum Gasteiger partial charge on any atom is -0.356 e. The van der Waals surface area contributed by atoms with Crippen molar-refractivity contribution in [3.8, 4) is 6.07 Å². The Hall–Kier alpha value is -1.80. The Morgan fingerprint density at radius 1 is 1.68 bits per heavy atom. The molecule has 0 unspecified atom stereocenters. The van der Waals surface area contributed by atoms with Crippen molar-refractivity contribution in [3.05, 3.63) is 23.5 Å². The normalized spacial score (nSPS) is 23.3. The molecular formula is C14H20N4O. The van der Waals surface area contributed by atoms with Gasteiger partial charge in [0.05, 0.1) is 5.56 Å². The molecule has 102 valence electrons. The molecule has 0 spiro atoms. The third-order valence-electron chi connectivity index (χ3n) is 3.76. The van der Waals surface area contributed by atoms with Crippen molar-refractivity contribution in [1.29, 1.82) is 5.26 Å². The Morgan fingerprint density at radius 3 is 2.95 bits per heavy atom. The summed E-state index contributed by atoms with van der Waals surface area (Å²) in [4.78, 5) is 19.2. The van der Waals surface area contributed by atoms with Crippen LogP contribution in [0, 0.1) is 16.7 Å². The number of aromatic nitrogens is 1. The molecule has 1 amide bonds. The molecule has 1 aliphatic rings. The minimum atomic E-state index is -0.0581. The fourth-order valence-corrected chi connectivity index (χ4v) is 2.83. The molecule has 2 heterocycles. The first-order valence-electron chi connectivity index (χ1n) is 6.46. The van der Waals surface area contributed by atoms with Crippen LogP contribution < -0.4 is 0 Å². The first kappa shape index (κ1) is 13.6. The maximum Gasteiger partial charge on any atom is 0.270 e. The van der Waals surface area contributed by atoms with E-state index in [0.29, 0.717) is 11.3 Å². The van der Waals surface area contributed by atoms with Crippen LogP contribution in [0.25, 0.3) is 0 Å². The topological polar surface area (TPSA) is 63.1 Å². The first-order valence-corrected chi connectivity index (χ1v) is 6.46. The molecular weight excluding hydrogens is 240 g/mol. The maximum absolute atomic E-state index is 12.3. The molecule has 5 nitrogen and oxygen atoms in total. The summed E-state index contributed by atoms with van der Waals surface area (Å²) in [6.07, 6.45) is 2.67. The highest BCUT2D eigenvalue weighted by atomic mass is 16.2. The molecule has 0 bridgehead atoms. The lowest BCUT2D eigenvalue weighted by molar-refractivity contribution is 0.0725. The third-order valence-corrected chi connectivity index (χ3v) is 3.76. The van der Waals surface area contributed by atoms with Gasteiger partial charge < -0.3 is 14.8 Å². The van der Waals surface area contributed by atoms with E-state index in [9.17, 15) is 4.79 Å². The van der Waals surface area contributed by atoms with Crippen molar-refractivity contribution < 1.29 is 4.79 Å². The molecule has 1 N–H and O–H groups in total. The highest BCUT2D eigenvalue weighted by Gasteiger charge is 2.34. The minimum absolute atomic E-state index is 0.0581. The average molecular weight is 260 g/mol. The Labute approximate surface area is 113 Å². The van der Waals surface area contributed by atoms with Gasteiger partial charge in [-0.1, -0.05) is 6.92 Å². The lowest BCUT2D eigenvalue weighted by Crippen LogP contribution is -2.38. The third kappa shape index (κ3) is 2.96. The van der Waals surface area contributed by atoms with Crippen LogP contribution >= 0.6 is 0 Å². The van der Waals surface area contributed by atoms with E-state index in [2.05, 4.69) is 23.9 Å². The molecule has 1 aromatic rings. The molecule has 19 heavy (non-hydrogen) atoms. The summed E-state index contributed by atoms with van der Waals surface area (Å²) in [5.74, 6) is -0.0581. The van der Waals surface area contributed by atoms with Crippen LogP contribution in [0.1, 0.15) is 29.4 Å². The molecule has 1 aliphatic heterocycles. The molecule has 1 saturated heterocycles. The van der Waals surface area contributed by atoms with Gasteiger partial charge in [-0.25, -0.2) is 0 Å². The van der Waals surface area contributed by atoms with Crippen molar-refractivity contribution in [2.45, 2.75) is 13.3 Å². The molecule has 2 rings (SSSR count). The van der Waals surface area contributed by atoms with Crippen molar-refractivity contribution in [2.75, 3.05) is 33.7 Å². The molecule has 0 aliphatic carbocycles. The smallest absolute Gasteiger partial charge is 0.270 e. The number of rotatable bonds is 3. The van der Waals surface area contributed by atoms with Gasteiger partial charge in [-0.3, -0.25) is 4.79 Å². The van der Waals surface area contributed by atoms with E-state index in [1.165, 1.54) is 0 Å². The van der Waals surface area contributed by atoms with Crippen LogP contribution in [0.5, 0.6) is 0 Å². The largest absolute Gasteiger partial charge is 0.356 e. The predicted molar refractivity (Wildman–Crippen MR) is 72.7 cm³/mol. The molecule has 0 radical (unpaired) electrons. The number of hydrogen-bond donors (Lipinski definition) is 1. The van der Waals surface area contributed by atoms with Gasteiger partial charge in [-0.05, 0) is 31.5 Å². The summed E-state index contributed by atoms with van der Waals surface area (Å²) in [5, 5.41) is 8.77. The molecule has 0 aromatic carbocycles. The van der Waals surface area contributed by atoms with Crippen LogP contribution in [0.4, 0.5) is 0 Å². The molecule has 1 aromatic heterocycles. The van der Waals surface area contributed by atoms with E-state index in [-0.39, 0.29) is 11.3 Å². The Bertz CT molecular complexity index is 516. The fourth-order valence-electron chi connectivity index (χ4n) is 2.83. The standard InChI is InChI=1S/C14H20N4O/c1-14(4-5-17(2)9-14)10-18(3)13(19)12-6-11(7-15)8-16-12/h6,8,16H,4-5,9-10H2,1-3H3/t14-/m1/s1. The van der Waals surface area contributed by atoms with Gasteiger partial charge in [0.15, 0.2) is 0 Å². The van der Waals surface area contributed by atoms with Gasteiger partial charge in [0, 0.05) is 26.3 Å². The molecule has 1 atom stereocenters. The van der Waals surface area contributed by atoms with Crippen LogP contribution in [0.2, 0.25) is 0 Å². The number of hydrogen-bond acceptors (Lipinski definition) is 3. The van der Waals surface area contributed by atoms with E-state index >= 15 is 0 Å². The molecule has 0 saturated carbocycles. The first-order chi connectivity index (χ1) is 8.93. The second-order valence-electron chi connectivity index (χ2n) is 5.87. The average Bonchev–Trinajstić information content (AvgIpc) is 2.95. The maximum atomic E-state index is 12.3. The number of nitrogens with zero attached hydrogens (tertiary/aromatic N) is 3. The van der Waals surface area contributed by atoms with Gasteiger partial charge in [-0.2, -0.15) is 5.26 Å². The van der Waals surface area contributed by atoms with Crippen LogP contribution in [0.3, 0.4) is 0 Å². The number of likely N-dealkylation sites (tertiary alicyclic amines) is 1. The summed E-state index contributed by atoms with van der Waals surface area (Å²) in [6, 6.07) is 3.62. The van der Waals surface area contributed by atoms with E-state index in [1.54, 1.807) is 17.2 Å². The molecule has 1 fully saturated rings. The second-order valence-corrected chi connectivity index (χ2v) is 5.87. The SMILES string of the molecule is CN1CC[C@@](C)(CN(C)C(=O)c2cc(C#N)c[nH]2)C1. The Kier molecular flexibility index (Phi) is 3.63. The van der Waals surface area contributed by atoms with Crippen molar-refractivity contribution in [3.63, 3.8) is 0 Å². The Balaban J connectivity index is 2.02. The van der Waals surface area contributed by atoms with Gasteiger partial charge in [-0.15, -0.1) is 0 Å². The number of nitriles is 1. The quantitative estimate of drug-likeness (QED) is 0.891. The van der Waals surface area contributed by atoms with E-state index < -0.39 is 0 Å².